The number of rotatable bonds is 7. The van der Waals surface area contributed by atoms with Gasteiger partial charge in [0.2, 0.25) is 0 Å². The normalized spacial score (nSPS) is 11.3. The number of nitrogens with zero attached hydrogens (tertiary/aromatic N) is 1. The number of benzene rings is 2. The minimum Gasteiger partial charge on any atom is -0.454 e. The molecule has 2 rings (SSSR count). The first-order valence-electron chi connectivity index (χ1n) is 8.76. The maximum absolute atomic E-state index is 12.2. The van der Waals surface area contributed by atoms with Crippen molar-refractivity contribution in [3.63, 3.8) is 0 Å². The molecular formula is C20H21N3O6. The Bertz CT molecular complexity index is 957. The summed E-state index contributed by atoms with van der Waals surface area (Å²) in [6.07, 6.45) is 0. The Balaban J connectivity index is 1.87. The number of hydrogen-bond donors (Lipinski definition) is 2. The lowest BCUT2D eigenvalue weighted by molar-refractivity contribution is -0.384. The molecule has 2 aromatic rings. The van der Waals surface area contributed by atoms with Gasteiger partial charge in [-0.05, 0) is 44.0 Å². The van der Waals surface area contributed by atoms with Crippen LogP contribution in [0.2, 0.25) is 0 Å². The molecule has 0 saturated heterocycles. The number of esters is 1. The summed E-state index contributed by atoms with van der Waals surface area (Å²) in [7, 11) is 0. The molecule has 0 spiro atoms. The van der Waals surface area contributed by atoms with Crippen molar-refractivity contribution in [1.29, 1.82) is 0 Å². The van der Waals surface area contributed by atoms with Crippen LogP contribution in [-0.2, 0) is 14.3 Å². The van der Waals surface area contributed by atoms with E-state index in [9.17, 15) is 24.5 Å². The summed E-state index contributed by atoms with van der Waals surface area (Å²) in [5, 5.41) is 15.8. The molecule has 2 N–H and O–H groups in total. The van der Waals surface area contributed by atoms with Crippen molar-refractivity contribution in [2.45, 2.75) is 26.8 Å². The highest BCUT2D eigenvalue weighted by Gasteiger charge is 2.20. The van der Waals surface area contributed by atoms with Crippen molar-refractivity contribution in [2.75, 3.05) is 11.9 Å². The largest absolute Gasteiger partial charge is 0.454 e. The second-order valence-corrected chi connectivity index (χ2v) is 6.48. The van der Waals surface area contributed by atoms with Crippen molar-refractivity contribution in [2.24, 2.45) is 0 Å². The Morgan fingerprint density at radius 3 is 2.55 bits per heavy atom. The van der Waals surface area contributed by atoms with E-state index >= 15 is 0 Å². The quantitative estimate of drug-likeness (QED) is 0.418. The Morgan fingerprint density at radius 1 is 1.14 bits per heavy atom. The Morgan fingerprint density at radius 2 is 1.86 bits per heavy atom. The molecule has 0 aromatic heterocycles. The Hall–Kier alpha value is -3.75. The third kappa shape index (κ3) is 6.13. The number of non-ortho nitro benzene ring substituents is 1. The molecule has 0 radical (unpaired) electrons. The van der Waals surface area contributed by atoms with Gasteiger partial charge in [0.25, 0.3) is 17.5 Å². The predicted octanol–water partition coefficient (Wildman–Crippen LogP) is 2.51. The van der Waals surface area contributed by atoms with E-state index in [1.54, 1.807) is 6.07 Å². The fourth-order valence-corrected chi connectivity index (χ4v) is 2.42. The Labute approximate surface area is 167 Å². The standard InChI is InChI=1S/C20H21N3O6/c1-12-7-8-13(2)17(9-12)22-18(24)11-29-20(26)14(3)21-19(25)15-5-4-6-16(10-15)23(27)28/h4-10,14H,11H2,1-3H3,(H,21,25)(H,22,24)/t14-/m0/s1. The number of carbonyl (C=O) groups excluding carboxylic acids is 3. The van der Waals surface area contributed by atoms with Gasteiger partial charge in [0.15, 0.2) is 6.61 Å². The van der Waals surface area contributed by atoms with Crippen LogP contribution in [0.25, 0.3) is 0 Å². The lowest BCUT2D eigenvalue weighted by atomic mass is 10.1. The average Bonchev–Trinajstić information content (AvgIpc) is 2.68. The highest BCUT2D eigenvalue weighted by atomic mass is 16.6. The third-order valence-corrected chi connectivity index (χ3v) is 4.03. The second kappa shape index (κ2) is 9.45. The van der Waals surface area contributed by atoms with Gasteiger partial charge in [0.1, 0.15) is 6.04 Å². The van der Waals surface area contributed by atoms with E-state index in [0.29, 0.717) is 5.69 Å². The van der Waals surface area contributed by atoms with Gasteiger partial charge < -0.3 is 15.4 Å². The molecule has 152 valence electrons. The van der Waals surface area contributed by atoms with Gasteiger partial charge in [-0.25, -0.2) is 4.79 Å². The number of nitrogens with one attached hydrogen (secondary N) is 2. The lowest BCUT2D eigenvalue weighted by Gasteiger charge is -2.14. The van der Waals surface area contributed by atoms with Gasteiger partial charge in [-0.2, -0.15) is 0 Å². The first-order valence-corrected chi connectivity index (χ1v) is 8.76. The molecule has 9 nitrogen and oxygen atoms in total. The van der Waals surface area contributed by atoms with E-state index in [1.807, 2.05) is 26.0 Å². The zero-order chi connectivity index (χ0) is 21.6. The molecule has 9 heteroatoms. The fourth-order valence-electron chi connectivity index (χ4n) is 2.42. The van der Waals surface area contributed by atoms with Crippen LogP contribution >= 0.6 is 0 Å². The highest BCUT2D eigenvalue weighted by Crippen LogP contribution is 2.16. The van der Waals surface area contributed by atoms with Gasteiger partial charge in [0.05, 0.1) is 4.92 Å². The molecule has 0 fully saturated rings. The molecule has 2 aromatic carbocycles. The maximum Gasteiger partial charge on any atom is 0.328 e. The molecule has 0 saturated carbocycles. The van der Waals surface area contributed by atoms with Gasteiger partial charge in [-0.1, -0.05) is 18.2 Å². The Kier molecular flexibility index (Phi) is 7.02. The monoisotopic (exact) mass is 399 g/mol. The number of anilines is 1. The van der Waals surface area contributed by atoms with Gasteiger partial charge in [-0.3, -0.25) is 19.7 Å². The zero-order valence-corrected chi connectivity index (χ0v) is 16.2. The minimum absolute atomic E-state index is 0.0338. The molecule has 0 unspecified atom stereocenters. The van der Waals surface area contributed by atoms with Crippen LogP contribution < -0.4 is 10.6 Å². The fraction of sp³-hybridized carbons (Fsp3) is 0.250. The number of ether oxygens (including phenoxy) is 1. The van der Waals surface area contributed by atoms with Crippen molar-refractivity contribution in [3.8, 4) is 0 Å². The molecule has 0 bridgehead atoms. The summed E-state index contributed by atoms with van der Waals surface area (Å²) in [6.45, 7) is 4.61. The van der Waals surface area contributed by atoms with Gasteiger partial charge in [0, 0.05) is 23.4 Å². The predicted molar refractivity (Wildman–Crippen MR) is 106 cm³/mol. The van der Waals surface area contributed by atoms with E-state index in [2.05, 4.69) is 10.6 Å². The first-order chi connectivity index (χ1) is 13.7. The molecule has 1 atom stereocenters. The van der Waals surface area contributed by atoms with Crippen LogP contribution in [-0.4, -0.2) is 35.4 Å². The van der Waals surface area contributed by atoms with Gasteiger partial charge >= 0.3 is 5.97 Å². The van der Waals surface area contributed by atoms with Crippen molar-refractivity contribution in [3.05, 3.63) is 69.3 Å². The van der Waals surface area contributed by atoms with Crippen LogP contribution in [0, 0.1) is 24.0 Å². The van der Waals surface area contributed by atoms with Crippen molar-refractivity contribution >= 4 is 29.2 Å². The van der Waals surface area contributed by atoms with Crippen LogP contribution in [0.15, 0.2) is 42.5 Å². The molecule has 0 aliphatic carbocycles. The lowest BCUT2D eigenvalue weighted by Crippen LogP contribution is -2.40. The summed E-state index contributed by atoms with van der Waals surface area (Å²) in [5.41, 5.74) is 2.26. The maximum atomic E-state index is 12.2. The number of hydrogen-bond acceptors (Lipinski definition) is 6. The van der Waals surface area contributed by atoms with E-state index in [0.717, 1.165) is 17.2 Å². The second-order valence-electron chi connectivity index (χ2n) is 6.48. The van der Waals surface area contributed by atoms with Crippen LogP contribution in [0.4, 0.5) is 11.4 Å². The topological polar surface area (TPSA) is 128 Å². The first kappa shape index (κ1) is 21.5. The van der Waals surface area contributed by atoms with E-state index < -0.39 is 35.4 Å². The minimum atomic E-state index is -1.05. The molecule has 0 aliphatic heterocycles. The third-order valence-electron chi connectivity index (χ3n) is 4.03. The summed E-state index contributed by atoms with van der Waals surface area (Å²) in [6, 6.07) is 9.64. The van der Waals surface area contributed by atoms with Crippen molar-refractivity contribution in [1.82, 2.24) is 5.32 Å². The number of carbonyl (C=O) groups is 3. The summed E-state index contributed by atoms with van der Waals surface area (Å²) < 4.78 is 4.93. The van der Waals surface area contributed by atoms with Crippen LogP contribution in [0.1, 0.15) is 28.4 Å². The smallest absolute Gasteiger partial charge is 0.328 e. The number of aryl methyl sites for hydroxylation is 2. The average molecular weight is 399 g/mol. The number of amides is 2. The zero-order valence-electron chi connectivity index (χ0n) is 16.2. The molecule has 2 amide bonds. The molecule has 0 aliphatic rings. The molecule has 0 heterocycles. The number of nitro groups is 1. The number of nitro benzene ring substituents is 1. The van der Waals surface area contributed by atoms with E-state index in [4.69, 9.17) is 4.74 Å². The summed E-state index contributed by atoms with van der Waals surface area (Å²) >= 11 is 0. The highest BCUT2D eigenvalue weighted by molar-refractivity contribution is 5.98. The SMILES string of the molecule is Cc1ccc(C)c(NC(=O)COC(=O)[C@H](C)NC(=O)c2cccc([N+](=O)[O-])c2)c1. The van der Waals surface area contributed by atoms with E-state index in [1.165, 1.54) is 25.1 Å². The summed E-state index contributed by atoms with van der Waals surface area (Å²) in [4.78, 5) is 46.4. The van der Waals surface area contributed by atoms with Gasteiger partial charge in [-0.15, -0.1) is 0 Å². The van der Waals surface area contributed by atoms with Crippen LogP contribution in [0.5, 0.6) is 0 Å². The van der Waals surface area contributed by atoms with Crippen LogP contribution in [0.3, 0.4) is 0 Å². The molecular weight excluding hydrogens is 378 g/mol. The molecule has 29 heavy (non-hydrogen) atoms. The van der Waals surface area contributed by atoms with E-state index in [-0.39, 0.29) is 11.3 Å². The summed E-state index contributed by atoms with van der Waals surface area (Å²) in [5.74, 6) is -1.98. The van der Waals surface area contributed by atoms with Crippen molar-refractivity contribution < 1.29 is 24.0 Å².